The molecule has 140 valence electrons. The lowest BCUT2D eigenvalue weighted by Crippen LogP contribution is -2.14. The molecule has 0 saturated carbocycles. The van der Waals surface area contributed by atoms with Gasteiger partial charge in [0.05, 0.1) is 12.9 Å². The quantitative estimate of drug-likeness (QED) is 0.625. The fourth-order valence-corrected chi connectivity index (χ4v) is 3.48. The van der Waals surface area contributed by atoms with Gasteiger partial charge in [0.1, 0.15) is 5.75 Å². The Morgan fingerprint density at radius 2 is 1.96 bits per heavy atom. The number of amides is 1. The van der Waals surface area contributed by atoms with Crippen molar-refractivity contribution in [1.82, 2.24) is 14.8 Å². The number of hydrogen-bond donors (Lipinski definition) is 1. The van der Waals surface area contributed by atoms with E-state index in [4.69, 9.17) is 4.74 Å². The lowest BCUT2D eigenvalue weighted by atomic mass is 10.1. The smallest absolute Gasteiger partial charge is 0.234 e. The molecule has 0 atom stereocenters. The summed E-state index contributed by atoms with van der Waals surface area (Å²) in [7, 11) is 1.61. The van der Waals surface area contributed by atoms with Crippen LogP contribution >= 0.6 is 11.8 Å². The maximum absolute atomic E-state index is 12.2. The van der Waals surface area contributed by atoms with E-state index < -0.39 is 0 Å². The number of nitrogens with one attached hydrogen (secondary N) is 1. The minimum Gasteiger partial charge on any atom is -0.497 e. The third-order valence-corrected chi connectivity index (χ3v) is 4.98. The number of carbonyl (C=O) groups excluding carboxylic acids is 1. The molecule has 0 saturated heterocycles. The molecule has 0 fully saturated rings. The number of aromatic nitrogens is 3. The Hall–Kier alpha value is -2.80. The number of carbonyl (C=O) groups is 1. The van der Waals surface area contributed by atoms with Crippen LogP contribution in [-0.4, -0.2) is 33.5 Å². The zero-order valence-corrected chi connectivity index (χ0v) is 16.4. The SMILES string of the molecule is CCn1c(SCC(=O)Nc2ccc(OC)cc2)nnc1-c1cccc(C)c1. The molecule has 3 rings (SSSR count). The molecule has 6 nitrogen and oxygen atoms in total. The molecule has 3 aromatic rings. The zero-order valence-electron chi connectivity index (χ0n) is 15.6. The average Bonchev–Trinajstić information content (AvgIpc) is 3.10. The van der Waals surface area contributed by atoms with Gasteiger partial charge in [-0.25, -0.2) is 0 Å². The largest absolute Gasteiger partial charge is 0.497 e. The van der Waals surface area contributed by atoms with Crippen molar-refractivity contribution in [3.05, 3.63) is 54.1 Å². The van der Waals surface area contributed by atoms with Crippen molar-refractivity contribution in [3.8, 4) is 17.1 Å². The number of methoxy groups -OCH3 is 1. The molecule has 0 unspecified atom stereocenters. The van der Waals surface area contributed by atoms with Crippen molar-refractivity contribution < 1.29 is 9.53 Å². The number of rotatable bonds is 7. The fraction of sp³-hybridized carbons (Fsp3) is 0.250. The van der Waals surface area contributed by atoms with Crippen LogP contribution in [0.4, 0.5) is 5.69 Å². The number of benzene rings is 2. The van der Waals surface area contributed by atoms with Crippen molar-refractivity contribution in [2.45, 2.75) is 25.5 Å². The summed E-state index contributed by atoms with van der Waals surface area (Å²) >= 11 is 1.38. The molecule has 0 bridgehead atoms. The molecule has 0 aliphatic rings. The van der Waals surface area contributed by atoms with Gasteiger partial charge in [0, 0.05) is 17.8 Å². The van der Waals surface area contributed by atoms with Crippen molar-refractivity contribution in [3.63, 3.8) is 0 Å². The van der Waals surface area contributed by atoms with E-state index >= 15 is 0 Å². The Labute approximate surface area is 163 Å². The van der Waals surface area contributed by atoms with Crippen LogP contribution in [0.1, 0.15) is 12.5 Å². The van der Waals surface area contributed by atoms with Crippen LogP contribution in [0, 0.1) is 6.92 Å². The Morgan fingerprint density at radius 3 is 2.63 bits per heavy atom. The van der Waals surface area contributed by atoms with Crippen LogP contribution in [0.3, 0.4) is 0 Å². The first kappa shape index (κ1) is 19.0. The van der Waals surface area contributed by atoms with Crippen LogP contribution in [0.5, 0.6) is 5.75 Å². The van der Waals surface area contributed by atoms with Gasteiger partial charge in [-0.3, -0.25) is 4.79 Å². The van der Waals surface area contributed by atoms with E-state index in [1.807, 2.05) is 47.9 Å². The molecule has 7 heteroatoms. The number of hydrogen-bond acceptors (Lipinski definition) is 5. The van der Waals surface area contributed by atoms with E-state index in [9.17, 15) is 4.79 Å². The summed E-state index contributed by atoms with van der Waals surface area (Å²) in [5.41, 5.74) is 2.93. The zero-order chi connectivity index (χ0) is 19.2. The third kappa shape index (κ3) is 4.68. The normalized spacial score (nSPS) is 10.6. The molecule has 0 aliphatic carbocycles. The Balaban J connectivity index is 1.66. The van der Waals surface area contributed by atoms with E-state index in [0.29, 0.717) is 0 Å². The van der Waals surface area contributed by atoms with Gasteiger partial charge in [0.15, 0.2) is 11.0 Å². The van der Waals surface area contributed by atoms with Gasteiger partial charge in [-0.1, -0.05) is 35.5 Å². The maximum atomic E-state index is 12.2. The highest BCUT2D eigenvalue weighted by Crippen LogP contribution is 2.25. The molecule has 27 heavy (non-hydrogen) atoms. The van der Waals surface area contributed by atoms with Crippen molar-refractivity contribution in [1.29, 1.82) is 0 Å². The summed E-state index contributed by atoms with van der Waals surface area (Å²) in [5, 5.41) is 12.2. The van der Waals surface area contributed by atoms with Gasteiger partial charge in [-0.2, -0.15) is 0 Å². The van der Waals surface area contributed by atoms with Crippen molar-refractivity contribution in [2.75, 3.05) is 18.2 Å². The minimum absolute atomic E-state index is 0.0899. The molecular weight excluding hydrogens is 360 g/mol. The van der Waals surface area contributed by atoms with Crippen LogP contribution < -0.4 is 10.1 Å². The summed E-state index contributed by atoms with van der Waals surface area (Å²) < 4.78 is 7.14. The average molecular weight is 382 g/mol. The van der Waals surface area contributed by atoms with E-state index in [1.165, 1.54) is 17.3 Å². The predicted octanol–water partition coefficient (Wildman–Crippen LogP) is 4.01. The third-order valence-electron chi connectivity index (χ3n) is 4.02. The number of aryl methyl sites for hydroxylation is 1. The van der Waals surface area contributed by atoms with Crippen LogP contribution in [0.25, 0.3) is 11.4 Å². The Kier molecular flexibility index (Phi) is 6.13. The molecule has 1 aromatic heterocycles. The predicted molar refractivity (Wildman–Crippen MR) is 108 cm³/mol. The van der Waals surface area contributed by atoms with Gasteiger partial charge < -0.3 is 14.6 Å². The van der Waals surface area contributed by atoms with E-state index in [0.717, 1.165) is 34.5 Å². The first-order chi connectivity index (χ1) is 13.1. The Bertz CT molecular complexity index is 922. The second kappa shape index (κ2) is 8.73. The molecule has 2 aromatic carbocycles. The molecular formula is C20H22N4O2S. The van der Waals surface area contributed by atoms with Crippen LogP contribution in [0.2, 0.25) is 0 Å². The minimum atomic E-state index is -0.0899. The lowest BCUT2D eigenvalue weighted by molar-refractivity contribution is -0.113. The first-order valence-electron chi connectivity index (χ1n) is 8.67. The number of ether oxygens (including phenoxy) is 1. The highest BCUT2D eigenvalue weighted by molar-refractivity contribution is 7.99. The van der Waals surface area contributed by atoms with Crippen LogP contribution in [0.15, 0.2) is 53.7 Å². The van der Waals surface area contributed by atoms with Gasteiger partial charge in [0.25, 0.3) is 0 Å². The first-order valence-corrected chi connectivity index (χ1v) is 9.66. The standard InChI is InChI=1S/C20H22N4O2S/c1-4-24-19(15-7-5-6-14(2)12-15)22-23-20(24)27-13-18(25)21-16-8-10-17(26-3)11-9-16/h5-12H,4,13H2,1-3H3,(H,21,25). The molecule has 1 amide bonds. The van der Waals surface area contributed by atoms with Gasteiger partial charge in [-0.15, -0.1) is 10.2 Å². The molecule has 1 heterocycles. The van der Waals surface area contributed by atoms with Gasteiger partial charge >= 0.3 is 0 Å². The molecule has 0 spiro atoms. The number of nitrogens with zero attached hydrogens (tertiary/aromatic N) is 3. The molecule has 1 N–H and O–H groups in total. The number of thioether (sulfide) groups is 1. The molecule has 0 aliphatic heterocycles. The van der Waals surface area contributed by atoms with Gasteiger partial charge in [0.2, 0.25) is 5.91 Å². The second-order valence-corrected chi connectivity index (χ2v) is 6.93. The maximum Gasteiger partial charge on any atom is 0.234 e. The Morgan fingerprint density at radius 1 is 1.19 bits per heavy atom. The summed E-state index contributed by atoms with van der Waals surface area (Å²) in [5.74, 6) is 1.74. The summed E-state index contributed by atoms with van der Waals surface area (Å²) in [4.78, 5) is 12.2. The van der Waals surface area contributed by atoms with Crippen molar-refractivity contribution in [2.24, 2.45) is 0 Å². The summed E-state index contributed by atoms with van der Waals surface area (Å²) in [6.07, 6.45) is 0. The highest BCUT2D eigenvalue weighted by Gasteiger charge is 2.14. The highest BCUT2D eigenvalue weighted by atomic mass is 32.2. The lowest BCUT2D eigenvalue weighted by Gasteiger charge is -2.08. The van der Waals surface area contributed by atoms with Gasteiger partial charge in [-0.05, 0) is 44.2 Å². The summed E-state index contributed by atoms with van der Waals surface area (Å²) in [6.45, 7) is 4.83. The van der Waals surface area contributed by atoms with Crippen molar-refractivity contribution >= 4 is 23.4 Å². The second-order valence-electron chi connectivity index (χ2n) is 5.99. The number of anilines is 1. The van der Waals surface area contributed by atoms with Crippen LogP contribution in [-0.2, 0) is 11.3 Å². The summed E-state index contributed by atoms with van der Waals surface area (Å²) in [6, 6.07) is 15.4. The monoisotopic (exact) mass is 382 g/mol. The molecule has 0 radical (unpaired) electrons. The van der Waals surface area contributed by atoms with E-state index in [1.54, 1.807) is 7.11 Å². The topological polar surface area (TPSA) is 69.0 Å². The fourth-order valence-electron chi connectivity index (χ4n) is 2.68. The van der Waals surface area contributed by atoms with E-state index in [2.05, 4.69) is 34.6 Å². The van der Waals surface area contributed by atoms with E-state index in [-0.39, 0.29) is 11.7 Å².